The van der Waals surface area contributed by atoms with Crippen molar-refractivity contribution in [3.05, 3.63) is 12.2 Å². The molecule has 2 bridgehead atoms. The van der Waals surface area contributed by atoms with Gasteiger partial charge in [-0.05, 0) is 62.4 Å². The van der Waals surface area contributed by atoms with Gasteiger partial charge >= 0.3 is 11.9 Å². The highest BCUT2D eigenvalue weighted by atomic mass is 16.4. The molecule has 0 aromatic rings. The molecule has 0 saturated heterocycles. The average molecular weight is 362 g/mol. The van der Waals surface area contributed by atoms with Gasteiger partial charge in [0.2, 0.25) is 0 Å². The zero-order chi connectivity index (χ0) is 19.1. The molecule has 6 nitrogen and oxygen atoms in total. The molecule has 0 heterocycles. The third-order valence-corrected chi connectivity index (χ3v) is 8.59. The molecule has 5 aliphatic rings. The van der Waals surface area contributed by atoms with E-state index >= 15 is 0 Å². The first-order chi connectivity index (χ1) is 12.1. The van der Waals surface area contributed by atoms with Crippen LogP contribution in [-0.2, 0) is 14.4 Å². The van der Waals surface area contributed by atoms with E-state index in [1.165, 1.54) is 0 Å². The Balaban J connectivity index is 1.98. The summed E-state index contributed by atoms with van der Waals surface area (Å²) in [5, 5.41) is 31.2. The molecule has 7 unspecified atom stereocenters. The molecule has 6 heteroatoms. The van der Waals surface area contributed by atoms with Gasteiger partial charge in [0.05, 0.1) is 16.9 Å². The van der Waals surface area contributed by atoms with Crippen molar-refractivity contribution in [2.24, 2.45) is 34.0 Å². The summed E-state index contributed by atoms with van der Waals surface area (Å²) in [6, 6.07) is 0. The zero-order valence-corrected chi connectivity index (χ0v) is 15.0. The summed E-state index contributed by atoms with van der Waals surface area (Å²) in [7, 11) is 0. The standard InChI is InChI=1S/C20H26O6/c1-11-8-18-6-7-20(11,26)9-12(18)19(10-21)5-3-4-17(2,16(24)25)14(19)13(18)15(22)23/h10,12-14,26H,1,3-9H2,2H3,(H,22,23)(H,24,25). The van der Waals surface area contributed by atoms with E-state index in [9.17, 15) is 29.7 Å². The molecule has 5 saturated carbocycles. The molecule has 0 aliphatic heterocycles. The number of hydrogen-bond donors (Lipinski definition) is 3. The van der Waals surface area contributed by atoms with Crippen LogP contribution in [0, 0.1) is 34.0 Å². The number of carboxylic acids is 2. The Kier molecular flexibility index (Phi) is 3.39. The highest BCUT2D eigenvalue weighted by Gasteiger charge is 2.78. The van der Waals surface area contributed by atoms with E-state index in [0.29, 0.717) is 50.5 Å². The Bertz CT molecular complexity index is 730. The van der Waals surface area contributed by atoms with Crippen molar-refractivity contribution in [2.75, 3.05) is 0 Å². The van der Waals surface area contributed by atoms with E-state index in [1.54, 1.807) is 6.92 Å². The maximum absolute atomic E-state index is 12.5. The number of hydrogen-bond acceptors (Lipinski definition) is 4. The van der Waals surface area contributed by atoms with Crippen molar-refractivity contribution in [2.45, 2.75) is 57.5 Å². The zero-order valence-electron chi connectivity index (χ0n) is 15.0. The third kappa shape index (κ3) is 1.74. The van der Waals surface area contributed by atoms with Crippen molar-refractivity contribution < 1.29 is 29.7 Å². The molecule has 0 aromatic carbocycles. The molecule has 3 N–H and O–H groups in total. The summed E-state index contributed by atoms with van der Waals surface area (Å²) in [4.78, 5) is 37.1. The molecule has 0 aromatic heterocycles. The predicted molar refractivity (Wildman–Crippen MR) is 91.2 cm³/mol. The molecule has 1 spiro atoms. The van der Waals surface area contributed by atoms with Crippen LogP contribution in [0.2, 0.25) is 0 Å². The fraction of sp³-hybridized carbons (Fsp3) is 0.750. The lowest BCUT2D eigenvalue weighted by Gasteiger charge is -2.58. The fourth-order valence-corrected chi connectivity index (χ4v) is 7.47. The van der Waals surface area contributed by atoms with Gasteiger partial charge in [-0.3, -0.25) is 9.59 Å². The number of carbonyl (C=O) groups excluding carboxylic acids is 1. The number of carbonyl (C=O) groups is 3. The van der Waals surface area contributed by atoms with Crippen LogP contribution in [0.25, 0.3) is 0 Å². The van der Waals surface area contributed by atoms with Gasteiger partial charge in [0.25, 0.3) is 0 Å². The number of aldehydes is 1. The molecule has 5 aliphatic carbocycles. The summed E-state index contributed by atoms with van der Waals surface area (Å²) < 4.78 is 0. The van der Waals surface area contributed by atoms with Gasteiger partial charge in [-0.2, -0.15) is 0 Å². The van der Waals surface area contributed by atoms with Crippen LogP contribution >= 0.6 is 0 Å². The predicted octanol–water partition coefficient (Wildman–Crippen LogP) is 2.25. The van der Waals surface area contributed by atoms with Gasteiger partial charge in [0.1, 0.15) is 6.29 Å². The van der Waals surface area contributed by atoms with Gasteiger partial charge < -0.3 is 20.1 Å². The lowest BCUT2D eigenvalue weighted by atomic mass is 9.47. The number of rotatable bonds is 3. The quantitative estimate of drug-likeness (QED) is 0.524. The van der Waals surface area contributed by atoms with Gasteiger partial charge in [-0.15, -0.1) is 0 Å². The Morgan fingerprint density at radius 2 is 1.88 bits per heavy atom. The SMILES string of the molecule is C=C1CC23CCC1(O)CC2C1(C=O)CCCC(C)(C(=O)O)C1C3C(=O)O. The highest BCUT2D eigenvalue weighted by Crippen LogP contribution is 2.77. The molecular weight excluding hydrogens is 336 g/mol. The van der Waals surface area contributed by atoms with E-state index in [0.717, 1.165) is 6.29 Å². The molecule has 26 heavy (non-hydrogen) atoms. The molecule has 142 valence electrons. The fourth-order valence-electron chi connectivity index (χ4n) is 7.47. The Hall–Kier alpha value is -1.69. The number of carboxylic acid groups (broad SMARTS) is 2. The highest BCUT2D eigenvalue weighted by molar-refractivity contribution is 5.82. The summed E-state index contributed by atoms with van der Waals surface area (Å²) in [6.07, 6.45) is 3.94. The van der Waals surface area contributed by atoms with Crippen molar-refractivity contribution in [3.63, 3.8) is 0 Å². The minimum Gasteiger partial charge on any atom is -0.481 e. The minimum atomic E-state index is -1.25. The molecule has 0 amide bonds. The second-order valence-corrected chi connectivity index (χ2v) is 9.40. The molecular formula is C20H26O6. The summed E-state index contributed by atoms with van der Waals surface area (Å²) in [5.74, 6) is -4.00. The van der Waals surface area contributed by atoms with E-state index in [1.807, 2.05) is 0 Å². The Labute approximate surface area is 152 Å². The number of fused-ring (bicyclic) bond motifs is 3. The first-order valence-electron chi connectivity index (χ1n) is 9.41. The normalized spacial score (nSPS) is 52.2. The number of aliphatic hydroxyl groups is 1. The van der Waals surface area contributed by atoms with Crippen molar-refractivity contribution in [1.82, 2.24) is 0 Å². The molecule has 0 radical (unpaired) electrons. The van der Waals surface area contributed by atoms with Crippen molar-refractivity contribution >= 4 is 18.2 Å². The van der Waals surface area contributed by atoms with Crippen LogP contribution in [0.5, 0.6) is 0 Å². The lowest BCUT2D eigenvalue weighted by Crippen LogP contribution is -2.56. The monoisotopic (exact) mass is 362 g/mol. The topological polar surface area (TPSA) is 112 Å². The Morgan fingerprint density at radius 3 is 2.42 bits per heavy atom. The maximum Gasteiger partial charge on any atom is 0.309 e. The molecule has 5 rings (SSSR count). The first-order valence-corrected chi connectivity index (χ1v) is 9.41. The summed E-state index contributed by atoms with van der Waals surface area (Å²) in [6.45, 7) is 5.62. The minimum absolute atomic E-state index is 0.304. The second-order valence-electron chi connectivity index (χ2n) is 9.40. The van der Waals surface area contributed by atoms with Gasteiger partial charge in [0.15, 0.2) is 0 Å². The van der Waals surface area contributed by atoms with E-state index < -0.39 is 45.6 Å². The first kappa shape index (κ1) is 17.7. The maximum atomic E-state index is 12.5. The summed E-state index contributed by atoms with van der Waals surface area (Å²) >= 11 is 0. The van der Waals surface area contributed by atoms with Crippen LogP contribution in [0.3, 0.4) is 0 Å². The van der Waals surface area contributed by atoms with Gasteiger partial charge in [-0.25, -0.2) is 0 Å². The van der Waals surface area contributed by atoms with Crippen LogP contribution in [0.4, 0.5) is 0 Å². The van der Waals surface area contributed by atoms with Crippen LogP contribution < -0.4 is 0 Å². The average Bonchev–Trinajstić information content (AvgIpc) is 2.83. The number of aliphatic carboxylic acids is 2. The van der Waals surface area contributed by atoms with Gasteiger partial charge in [0, 0.05) is 11.3 Å². The largest absolute Gasteiger partial charge is 0.481 e. The molecule has 7 atom stereocenters. The van der Waals surface area contributed by atoms with Gasteiger partial charge in [-0.1, -0.05) is 13.0 Å². The van der Waals surface area contributed by atoms with Crippen molar-refractivity contribution in [3.8, 4) is 0 Å². The van der Waals surface area contributed by atoms with Crippen LogP contribution in [0.15, 0.2) is 12.2 Å². The van der Waals surface area contributed by atoms with Crippen LogP contribution in [0.1, 0.15) is 51.9 Å². The van der Waals surface area contributed by atoms with E-state index in [-0.39, 0.29) is 5.92 Å². The smallest absolute Gasteiger partial charge is 0.309 e. The Morgan fingerprint density at radius 1 is 1.19 bits per heavy atom. The third-order valence-electron chi connectivity index (χ3n) is 8.59. The summed E-state index contributed by atoms with van der Waals surface area (Å²) in [5.41, 5.74) is -3.35. The van der Waals surface area contributed by atoms with Crippen molar-refractivity contribution in [1.29, 1.82) is 0 Å². The molecule has 5 fully saturated rings. The van der Waals surface area contributed by atoms with Crippen LogP contribution in [-0.4, -0.2) is 39.1 Å². The second kappa shape index (κ2) is 4.97. The van der Waals surface area contributed by atoms with E-state index in [4.69, 9.17) is 0 Å². The lowest BCUT2D eigenvalue weighted by molar-refractivity contribution is -0.167. The van der Waals surface area contributed by atoms with E-state index in [2.05, 4.69) is 6.58 Å².